The largest absolute Gasteiger partial charge is 0.264 e. The first kappa shape index (κ1) is 10.9. The second-order valence-corrected chi connectivity index (χ2v) is 3.92. The van der Waals surface area contributed by atoms with E-state index < -0.39 is 0 Å². The minimum Gasteiger partial charge on any atom is -0.264 e. The Kier molecular flexibility index (Phi) is 3.34. The Bertz CT molecular complexity index is 445. The van der Waals surface area contributed by atoms with E-state index in [1.54, 1.807) is 0 Å². The van der Waals surface area contributed by atoms with Crippen molar-refractivity contribution < 1.29 is 4.68 Å². The molecule has 0 N–H and O–H groups in total. The number of benzene rings is 1. The van der Waals surface area contributed by atoms with E-state index in [2.05, 4.69) is 18.3 Å². The maximum Gasteiger partial charge on any atom is 0.101 e. The highest BCUT2D eigenvalue weighted by Crippen LogP contribution is 2.02. The van der Waals surface area contributed by atoms with Gasteiger partial charge in [-0.3, -0.25) is 4.68 Å². The number of nitrogens with zero attached hydrogens (tertiary/aromatic N) is 3. The number of para-hydroxylation sites is 1. The predicted octanol–water partition coefficient (Wildman–Crippen LogP) is 1.84. The van der Waals surface area contributed by atoms with Crippen LogP contribution in [-0.2, 0) is 13.5 Å². The second-order valence-electron chi connectivity index (χ2n) is 3.92. The van der Waals surface area contributed by atoms with Crippen LogP contribution in [0.2, 0.25) is 0 Å². The number of aromatic nitrogens is 3. The number of hydrogen-bond acceptors (Lipinski definition) is 1. The number of aryl methyl sites for hydroxylation is 2. The topological polar surface area (TPSA) is 21.7 Å². The fraction of sp³-hybridized carbons (Fsp3) is 0.385. The lowest BCUT2D eigenvalue weighted by Crippen LogP contribution is -2.33. The molecule has 2 aromatic rings. The van der Waals surface area contributed by atoms with Gasteiger partial charge in [-0.15, -0.1) is 0 Å². The van der Waals surface area contributed by atoms with E-state index >= 15 is 0 Å². The van der Waals surface area contributed by atoms with Crippen LogP contribution in [0, 0.1) is 6.20 Å². The smallest absolute Gasteiger partial charge is 0.101 e. The highest BCUT2D eigenvalue weighted by Gasteiger charge is 2.04. The van der Waals surface area contributed by atoms with Gasteiger partial charge in [-0.05, 0) is 12.8 Å². The molecule has 0 aliphatic heterocycles. The van der Waals surface area contributed by atoms with Crippen LogP contribution in [-0.4, -0.2) is 9.90 Å². The molecule has 1 heterocycles. The van der Waals surface area contributed by atoms with E-state index in [9.17, 15) is 0 Å². The van der Waals surface area contributed by atoms with Crippen LogP contribution in [0.4, 0.5) is 0 Å². The molecule has 3 heteroatoms. The third kappa shape index (κ3) is 2.30. The summed E-state index contributed by atoms with van der Waals surface area (Å²) >= 11 is 0. The summed E-state index contributed by atoms with van der Waals surface area (Å²) in [5, 5.41) is 4.41. The molecule has 0 atom stereocenters. The summed E-state index contributed by atoms with van der Waals surface area (Å²) in [6.07, 6.45) is 6.73. The third-order valence-corrected chi connectivity index (χ3v) is 2.62. The molecule has 0 aliphatic rings. The first-order valence-corrected chi connectivity index (χ1v) is 5.74. The Morgan fingerprint density at radius 3 is 2.75 bits per heavy atom. The zero-order valence-electron chi connectivity index (χ0n) is 9.85. The van der Waals surface area contributed by atoms with Crippen molar-refractivity contribution in [1.82, 2.24) is 9.90 Å². The molecule has 0 spiro atoms. The fourth-order valence-electron chi connectivity index (χ4n) is 1.65. The monoisotopic (exact) mass is 215 g/mol. The molecule has 0 amide bonds. The van der Waals surface area contributed by atoms with Crippen molar-refractivity contribution in [2.45, 2.75) is 26.2 Å². The Morgan fingerprint density at radius 2 is 2.06 bits per heavy atom. The molecule has 0 aliphatic carbocycles. The molecule has 1 aromatic carbocycles. The Hall–Kier alpha value is -1.64. The quantitative estimate of drug-likeness (QED) is 0.563. The first-order chi connectivity index (χ1) is 7.81. The molecule has 3 nitrogen and oxygen atoms in total. The van der Waals surface area contributed by atoms with Gasteiger partial charge in [0, 0.05) is 11.9 Å². The van der Waals surface area contributed by atoms with Gasteiger partial charge in [-0.1, -0.05) is 43.7 Å². The van der Waals surface area contributed by atoms with Gasteiger partial charge in [0.15, 0.2) is 0 Å². The van der Waals surface area contributed by atoms with E-state index in [0.29, 0.717) is 0 Å². The van der Waals surface area contributed by atoms with Gasteiger partial charge in [0.1, 0.15) is 7.05 Å². The molecule has 0 saturated carbocycles. The zero-order chi connectivity index (χ0) is 11.4. The van der Waals surface area contributed by atoms with Crippen LogP contribution in [0.5, 0.6) is 0 Å². The molecule has 0 unspecified atom stereocenters. The van der Waals surface area contributed by atoms with Crippen molar-refractivity contribution >= 4 is 0 Å². The summed E-state index contributed by atoms with van der Waals surface area (Å²) in [4.78, 5) is 0. The summed E-state index contributed by atoms with van der Waals surface area (Å²) in [5.41, 5.74) is 2.21. The standard InChI is InChI=1S/C13H17N3/c1-3-4-8-13-11-16(14-15(13)2)12-9-6-5-7-10-12/h5-7,9-10H,3-4,8H2,1-2H3. The Labute approximate surface area is 96.3 Å². The van der Waals surface area contributed by atoms with Crippen molar-refractivity contribution in [3.8, 4) is 5.69 Å². The number of unbranched alkanes of at least 4 members (excludes halogenated alkanes) is 1. The second kappa shape index (κ2) is 4.92. The summed E-state index contributed by atoms with van der Waals surface area (Å²) in [7, 11) is 1.97. The Balaban J connectivity index is 2.24. The van der Waals surface area contributed by atoms with Gasteiger partial charge in [-0.25, -0.2) is 0 Å². The average molecular weight is 215 g/mol. The van der Waals surface area contributed by atoms with Gasteiger partial charge in [0.25, 0.3) is 0 Å². The SMILES string of the molecule is CCCCc1[c-][n+](-c2ccccc2)nn1C. The highest BCUT2D eigenvalue weighted by molar-refractivity contribution is 5.20. The van der Waals surface area contributed by atoms with Crippen LogP contribution >= 0.6 is 0 Å². The lowest BCUT2D eigenvalue weighted by molar-refractivity contribution is -0.665. The van der Waals surface area contributed by atoms with Gasteiger partial charge in [0.05, 0.1) is 10.9 Å². The van der Waals surface area contributed by atoms with Crippen molar-refractivity contribution in [1.29, 1.82) is 0 Å². The predicted molar refractivity (Wildman–Crippen MR) is 62.2 cm³/mol. The van der Waals surface area contributed by atoms with E-state index in [4.69, 9.17) is 0 Å². The molecular formula is C13H17N3. The Morgan fingerprint density at radius 1 is 1.31 bits per heavy atom. The van der Waals surface area contributed by atoms with Crippen LogP contribution in [0.3, 0.4) is 0 Å². The molecule has 0 radical (unpaired) electrons. The minimum absolute atomic E-state index is 1.04. The average Bonchev–Trinajstić information content (AvgIpc) is 2.69. The molecule has 0 fully saturated rings. The van der Waals surface area contributed by atoms with Gasteiger partial charge in [0.2, 0.25) is 0 Å². The van der Waals surface area contributed by atoms with E-state index in [-0.39, 0.29) is 0 Å². The molecular weight excluding hydrogens is 198 g/mol. The molecule has 0 saturated heterocycles. The van der Waals surface area contributed by atoms with Crippen LogP contribution in [0.25, 0.3) is 5.69 Å². The number of hydrogen-bond donors (Lipinski definition) is 0. The molecule has 84 valence electrons. The highest BCUT2D eigenvalue weighted by atomic mass is 15.5. The van der Waals surface area contributed by atoms with E-state index in [1.165, 1.54) is 12.8 Å². The van der Waals surface area contributed by atoms with Crippen molar-refractivity contribution in [3.05, 3.63) is 42.2 Å². The van der Waals surface area contributed by atoms with Crippen LogP contribution in [0.15, 0.2) is 30.3 Å². The summed E-state index contributed by atoms with van der Waals surface area (Å²) in [6.45, 7) is 2.20. The zero-order valence-corrected chi connectivity index (χ0v) is 9.85. The number of rotatable bonds is 4. The molecule has 16 heavy (non-hydrogen) atoms. The van der Waals surface area contributed by atoms with Crippen LogP contribution in [0.1, 0.15) is 25.5 Å². The summed E-state index contributed by atoms with van der Waals surface area (Å²) in [6, 6.07) is 10.1. The van der Waals surface area contributed by atoms with E-state index in [0.717, 1.165) is 17.8 Å². The lowest BCUT2D eigenvalue weighted by Gasteiger charge is -2.00. The van der Waals surface area contributed by atoms with Crippen molar-refractivity contribution in [2.75, 3.05) is 0 Å². The molecule has 0 bridgehead atoms. The van der Waals surface area contributed by atoms with Gasteiger partial charge < -0.3 is 0 Å². The fourth-order valence-corrected chi connectivity index (χ4v) is 1.65. The van der Waals surface area contributed by atoms with Crippen LogP contribution < -0.4 is 4.68 Å². The van der Waals surface area contributed by atoms with Gasteiger partial charge >= 0.3 is 0 Å². The maximum absolute atomic E-state index is 4.41. The van der Waals surface area contributed by atoms with Gasteiger partial charge in [-0.2, -0.15) is 4.68 Å². The van der Waals surface area contributed by atoms with Crippen molar-refractivity contribution in [3.63, 3.8) is 0 Å². The van der Waals surface area contributed by atoms with E-state index in [1.807, 2.05) is 46.7 Å². The molecule has 1 aromatic heterocycles. The first-order valence-electron chi connectivity index (χ1n) is 5.74. The van der Waals surface area contributed by atoms with Crippen molar-refractivity contribution in [2.24, 2.45) is 7.05 Å². The lowest BCUT2D eigenvalue weighted by atomic mass is 10.2. The molecule has 2 rings (SSSR count). The minimum atomic E-state index is 1.04. The summed E-state index contributed by atoms with van der Waals surface area (Å²) in [5.74, 6) is 0. The normalized spacial score (nSPS) is 10.6. The summed E-state index contributed by atoms with van der Waals surface area (Å²) < 4.78 is 3.72. The third-order valence-electron chi connectivity index (χ3n) is 2.62. The maximum atomic E-state index is 4.41.